The number of likely N-dealkylation sites (N-methyl/N-ethyl adjacent to an activating group) is 1. The fourth-order valence-electron chi connectivity index (χ4n) is 3.85. The van der Waals surface area contributed by atoms with Gasteiger partial charge in [0.05, 0.1) is 25.4 Å². The summed E-state index contributed by atoms with van der Waals surface area (Å²) in [6.45, 7) is 0.447. The average molecular weight is 532 g/mol. The highest BCUT2D eigenvalue weighted by atomic mass is 16.3. The van der Waals surface area contributed by atoms with Crippen LogP contribution in [0.5, 0.6) is 0 Å². The number of carbonyl (C=O) groups is 5. The van der Waals surface area contributed by atoms with Gasteiger partial charge in [0.1, 0.15) is 18.1 Å². The van der Waals surface area contributed by atoms with Crippen LogP contribution in [0.2, 0.25) is 0 Å². The Labute approximate surface area is 215 Å². The third kappa shape index (κ3) is 10.6. The van der Waals surface area contributed by atoms with Crippen molar-refractivity contribution in [3.05, 3.63) is 0 Å². The van der Waals surface area contributed by atoms with Crippen LogP contribution in [-0.4, -0.2) is 119 Å². The Balaban J connectivity index is 3.25. The van der Waals surface area contributed by atoms with Gasteiger partial charge in [0.15, 0.2) is 0 Å². The molecule has 0 saturated carbocycles. The van der Waals surface area contributed by atoms with Crippen LogP contribution in [0.25, 0.3) is 0 Å². The molecule has 0 aromatic rings. The van der Waals surface area contributed by atoms with E-state index in [2.05, 4.69) is 21.3 Å². The van der Waals surface area contributed by atoms with Crippen LogP contribution in [0, 0.1) is 0 Å². The molecule has 0 spiro atoms. The Morgan fingerprint density at radius 1 is 1.14 bits per heavy atom. The second-order valence-corrected chi connectivity index (χ2v) is 9.13. The molecule has 1 aliphatic rings. The van der Waals surface area contributed by atoms with Crippen LogP contribution in [0.15, 0.2) is 0 Å². The number of aliphatic hydroxyl groups is 3. The van der Waals surface area contributed by atoms with E-state index < -0.39 is 66.5 Å². The molecule has 0 aromatic carbocycles. The van der Waals surface area contributed by atoms with Gasteiger partial charge < -0.3 is 53.0 Å². The molecular formula is C22H41N7O8. The van der Waals surface area contributed by atoms with Crippen molar-refractivity contribution in [2.75, 3.05) is 33.4 Å². The highest BCUT2D eigenvalue weighted by molar-refractivity contribution is 5.95. The number of nitrogens with one attached hydrogen (secondary N) is 4. The van der Waals surface area contributed by atoms with Gasteiger partial charge in [0.2, 0.25) is 29.5 Å². The quantitative estimate of drug-likeness (QED) is 0.151. The summed E-state index contributed by atoms with van der Waals surface area (Å²) in [5, 5.41) is 39.5. The van der Waals surface area contributed by atoms with E-state index in [0.717, 1.165) is 4.90 Å². The second-order valence-electron chi connectivity index (χ2n) is 9.13. The number of aliphatic hydroxyl groups excluding tert-OH is 3. The highest BCUT2D eigenvalue weighted by Crippen LogP contribution is 2.11. The Hall–Kier alpha value is -2.85. The first-order valence-corrected chi connectivity index (χ1v) is 12.2. The summed E-state index contributed by atoms with van der Waals surface area (Å²) in [5.74, 6) is -3.57. The van der Waals surface area contributed by atoms with Gasteiger partial charge in [0.25, 0.3) is 0 Å². The molecule has 0 radical (unpaired) electrons. The van der Waals surface area contributed by atoms with Crippen molar-refractivity contribution in [1.29, 1.82) is 0 Å². The van der Waals surface area contributed by atoms with Gasteiger partial charge in [-0.1, -0.05) is 0 Å². The molecule has 1 unspecified atom stereocenters. The third-order valence-electron chi connectivity index (χ3n) is 6.03. The zero-order chi connectivity index (χ0) is 28.1. The number of rotatable bonds is 7. The van der Waals surface area contributed by atoms with Gasteiger partial charge in [0, 0.05) is 32.6 Å². The molecule has 15 heteroatoms. The summed E-state index contributed by atoms with van der Waals surface area (Å²) in [5.41, 5.74) is 11.1. The van der Waals surface area contributed by atoms with E-state index in [4.69, 9.17) is 11.5 Å². The second kappa shape index (κ2) is 16.1. The summed E-state index contributed by atoms with van der Waals surface area (Å²) in [6, 6.07) is -5.67. The van der Waals surface area contributed by atoms with Crippen LogP contribution in [-0.2, 0) is 24.0 Å². The molecule has 0 bridgehead atoms. The minimum Gasteiger partial charge on any atom is -0.395 e. The molecule has 15 nitrogen and oxygen atoms in total. The number of hydrogen-bond donors (Lipinski definition) is 9. The lowest BCUT2D eigenvalue weighted by Gasteiger charge is -2.33. The van der Waals surface area contributed by atoms with Crippen LogP contribution in [0.1, 0.15) is 39.0 Å². The van der Waals surface area contributed by atoms with E-state index in [0.29, 0.717) is 19.4 Å². The van der Waals surface area contributed by atoms with Crippen LogP contribution in [0.4, 0.5) is 0 Å². The molecule has 212 valence electrons. The molecule has 1 fully saturated rings. The molecule has 1 aliphatic heterocycles. The largest absolute Gasteiger partial charge is 0.395 e. The molecule has 0 aromatic heterocycles. The van der Waals surface area contributed by atoms with E-state index in [1.165, 1.54) is 14.0 Å². The Bertz CT molecular complexity index is 797. The molecule has 5 amide bonds. The predicted molar refractivity (Wildman–Crippen MR) is 131 cm³/mol. The molecular weight excluding hydrogens is 490 g/mol. The lowest BCUT2D eigenvalue weighted by atomic mass is 10.0. The van der Waals surface area contributed by atoms with E-state index in [1.54, 1.807) is 0 Å². The SMILES string of the molecule is CC(O)[C@H]1C(=O)N[C@@H](CO)C(=O)N[C@H](C(N)=O)CCCCNC(=O)CC[C@H](NC[C@@H](N)CO)C(=O)N1C. The molecule has 11 N–H and O–H groups in total. The zero-order valence-corrected chi connectivity index (χ0v) is 21.3. The molecule has 1 heterocycles. The normalized spacial score (nSPS) is 27.2. The monoisotopic (exact) mass is 531 g/mol. The lowest BCUT2D eigenvalue weighted by molar-refractivity contribution is -0.145. The topological polar surface area (TPSA) is 249 Å². The zero-order valence-electron chi connectivity index (χ0n) is 21.3. The fourth-order valence-corrected chi connectivity index (χ4v) is 3.85. The highest BCUT2D eigenvalue weighted by Gasteiger charge is 2.36. The van der Waals surface area contributed by atoms with Crippen molar-refractivity contribution in [3.8, 4) is 0 Å². The summed E-state index contributed by atoms with van der Waals surface area (Å²) in [6.07, 6.45) is -0.301. The minimum atomic E-state index is -1.48. The van der Waals surface area contributed by atoms with Crippen molar-refractivity contribution in [3.63, 3.8) is 0 Å². The van der Waals surface area contributed by atoms with Crippen molar-refractivity contribution in [2.45, 2.75) is 75.3 Å². The van der Waals surface area contributed by atoms with Crippen molar-refractivity contribution >= 4 is 29.5 Å². The first-order valence-electron chi connectivity index (χ1n) is 12.2. The number of carbonyl (C=O) groups excluding carboxylic acids is 5. The van der Waals surface area contributed by atoms with Gasteiger partial charge in [-0.3, -0.25) is 24.0 Å². The van der Waals surface area contributed by atoms with Gasteiger partial charge in [-0.15, -0.1) is 0 Å². The summed E-state index contributed by atoms with van der Waals surface area (Å²) in [4.78, 5) is 64.1. The van der Waals surface area contributed by atoms with E-state index in [9.17, 15) is 39.3 Å². The van der Waals surface area contributed by atoms with E-state index in [-0.39, 0.29) is 38.3 Å². The first-order chi connectivity index (χ1) is 17.4. The summed E-state index contributed by atoms with van der Waals surface area (Å²) >= 11 is 0. The number of amides is 5. The molecule has 37 heavy (non-hydrogen) atoms. The Morgan fingerprint density at radius 3 is 2.38 bits per heavy atom. The molecule has 1 saturated heterocycles. The van der Waals surface area contributed by atoms with Crippen molar-refractivity contribution < 1.29 is 39.3 Å². The lowest BCUT2D eigenvalue weighted by Crippen LogP contribution is -2.61. The number of nitrogens with two attached hydrogens (primary N) is 2. The molecule has 6 atom stereocenters. The van der Waals surface area contributed by atoms with Crippen LogP contribution >= 0.6 is 0 Å². The maximum Gasteiger partial charge on any atom is 0.246 e. The number of hydrogen-bond acceptors (Lipinski definition) is 10. The van der Waals surface area contributed by atoms with Crippen molar-refractivity contribution in [1.82, 2.24) is 26.2 Å². The van der Waals surface area contributed by atoms with Gasteiger partial charge >= 0.3 is 0 Å². The smallest absolute Gasteiger partial charge is 0.246 e. The molecule has 0 aliphatic carbocycles. The Kier molecular flexibility index (Phi) is 14.0. The van der Waals surface area contributed by atoms with Crippen molar-refractivity contribution in [2.24, 2.45) is 11.5 Å². The summed E-state index contributed by atoms with van der Waals surface area (Å²) < 4.78 is 0. The van der Waals surface area contributed by atoms with Gasteiger partial charge in [-0.2, -0.15) is 0 Å². The minimum absolute atomic E-state index is 0.0344. The maximum absolute atomic E-state index is 13.3. The predicted octanol–water partition coefficient (Wildman–Crippen LogP) is -5.00. The standard InChI is InChI=1S/C22H41N7O8/c1-12(32)18-21(36)28-16(11-31)20(35)27-14(19(24)34)5-3-4-8-25-17(33)7-6-15(22(37)29(18)2)26-9-13(23)10-30/h12-16,18,26,30-32H,3-11,23H2,1-2H3,(H2,24,34)(H,25,33)(H,27,35)(H,28,36)/t12?,13-,14+,15+,16+,18+/m1/s1. The fraction of sp³-hybridized carbons (Fsp3) is 0.773. The van der Waals surface area contributed by atoms with Gasteiger partial charge in [-0.05, 0) is 32.6 Å². The number of nitrogens with zero attached hydrogens (tertiary/aromatic N) is 1. The van der Waals surface area contributed by atoms with Gasteiger partial charge in [-0.25, -0.2) is 0 Å². The third-order valence-corrected chi connectivity index (χ3v) is 6.03. The van der Waals surface area contributed by atoms with E-state index in [1.807, 2.05) is 0 Å². The van der Waals surface area contributed by atoms with Crippen LogP contribution < -0.4 is 32.7 Å². The Morgan fingerprint density at radius 2 is 1.81 bits per heavy atom. The maximum atomic E-state index is 13.3. The van der Waals surface area contributed by atoms with E-state index >= 15 is 0 Å². The average Bonchev–Trinajstić information content (AvgIpc) is 2.84. The first kappa shape index (κ1) is 32.2. The summed E-state index contributed by atoms with van der Waals surface area (Å²) in [7, 11) is 1.27. The van der Waals surface area contributed by atoms with Crippen LogP contribution in [0.3, 0.4) is 0 Å². The molecule has 1 rings (SSSR count). The number of primary amides is 1.